The molecule has 1 heterocycles. The zero-order chi connectivity index (χ0) is 11.9. The molecule has 0 radical (unpaired) electrons. The number of nitrogens with two attached hydrogens (primary N) is 1. The smallest absolute Gasteiger partial charge is 0.201 e. The third-order valence-corrected chi connectivity index (χ3v) is 2.52. The molecule has 2 aromatic rings. The van der Waals surface area contributed by atoms with Gasteiger partial charge in [-0.2, -0.15) is 0 Å². The number of anilines is 1. The van der Waals surface area contributed by atoms with Crippen molar-refractivity contribution >= 4 is 28.6 Å². The highest BCUT2D eigenvalue weighted by Crippen LogP contribution is 2.23. The summed E-state index contributed by atoms with van der Waals surface area (Å²) in [6.07, 6.45) is 0. The normalized spacial score (nSPS) is 12.2. The van der Waals surface area contributed by atoms with Gasteiger partial charge in [-0.15, -0.1) is 0 Å². The molecule has 0 saturated carbocycles. The minimum Gasteiger partial charge on any atom is -0.389 e. The van der Waals surface area contributed by atoms with Crippen LogP contribution in [0.3, 0.4) is 0 Å². The van der Waals surface area contributed by atoms with Crippen LogP contribution in [-0.2, 0) is 6.54 Å². The van der Waals surface area contributed by atoms with E-state index in [1.807, 2.05) is 6.07 Å². The molecule has 86 valence electrons. The van der Waals surface area contributed by atoms with Gasteiger partial charge in [0.15, 0.2) is 0 Å². The zero-order valence-corrected chi connectivity index (χ0v) is 9.99. The Labute approximate surface area is 98.6 Å². The molecular weight excluding hydrogens is 226 g/mol. The maximum Gasteiger partial charge on any atom is 0.201 e. The maximum atomic E-state index is 9.80. The van der Waals surface area contributed by atoms with Crippen LogP contribution in [0.5, 0.6) is 0 Å². The van der Waals surface area contributed by atoms with Crippen molar-refractivity contribution in [2.24, 2.45) is 0 Å². The summed E-state index contributed by atoms with van der Waals surface area (Å²) < 4.78 is 1.78. The summed E-state index contributed by atoms with van der Waals surface area (Å²) in [6, 6.07) is 5.40. The summed E-state index contributed by atoms with van der Waals surface area (Å²) in [7, 11) is 0. The topological polar surface area (TPSA) is 64.1 Å². The molecule has 0 bridgehead atoms. The van der Waals surface area contributed by atoms with Gasteiger partial charge in [0.1, 0.15) is 0 Å². The van der Waals surface area contributed by atoms with Crippen LogP contribution >= 0.6 is 11.6 Å². The van der Waals surface area contributed by atoms with Crippen LogP contribution in [0.1, 0.15) is 13.8 Å². The molecule has 0 aliphatic carbocycles. The molecule has 2 rings (SSSR count). The number of aromatic nitrogens is 2. The van der Waals surface area contributed by atoms with E-state index in [0.717, 1.165) is 11.0 Å². The van der Waals surface area contributed by atoms with E-state index in [4.69, 9.17) is 17.3 Å². The van der Waals surface area contributed by atoms with Crippen molar-refractivity contribution in [3.63, 3.8) is 0 Å². The lowest BCUT2D eigenvalue weighted by Gasteiger charge is -2.19. The third kappa shape index (κ3) is 2.13. The highest BCUT2D eigenvalue weighted by atomic mass is 35.5. The highest BCUT2D eigenvalue weighted by Gasteiger charge is 2.17. The number of nitrogen functional groups attached to an aromatic ring is 1. The number of fused-ring (bicyclic) bond motifs is 1. The lowest BCUT2D eigenvalue weighted by atomic mass is 10.1. The van der Waals surface area contributed by atoms with Crippen LogP contribution < -0.4 is 5.73 Å². The van der Waals surface area contributed by atoms with Crippen molar-refractivity contribution in [3.05, 3.63) is 23.2 Å². The third-order valence-electron chi connectivity index (χ3n) is 2.28. The van der Waals surface area contributed by atoms with Crippen molar-refractivity contribution in [2.45, 2.75) is 26.0 Å². The van der Waals surface area contributed by atoms with Crippen LogP contribution in [0.2, 0.25) is 5.02 Å². The molecule has 0 spiro atoms. The summed E-state index contributed by atoms with van der Waals surface area (Å²) in [5.74, 6) is 0.388. The monoisotopic (exact) mass is 239 g/mol. The van der Waals surface area contributed by atoms with E-state index in [9.17, 15) is 5.11 Å². The van der Waals surface area contributed by atoms with Crippen LogP contribution in [0.25, 0.3) is 11.0 Å². The van der Waals surface area contributed by atoms with Gasteiger partial charge in [-0.3, -0.25) is 0 Å². The Morgan fingerprint density at radius 2 is 2.19 bits per heavy atom. The predicted molar refractivity (Wildman–Crippen MR) is 65.5 cm³/mol. The molecule has 0 aliphatic heterocycles. The Hall–Kier alpha value is -1.26. The summed E-state index contributed by atoms with van der Waals surface area (Å²) in [5, 5.41) is 10.4. The zero-order valence-electron chi connectivity index (χ0n) is 9.24. The minimum absolute atomic E-state index is 0.388. The van der Waals surface area contributed by atoms with Gasteiger partial charge in [-0.25, -0.2) is 4.98 Å². The molecule has 0 atom stereocenters. The van der Waals surface area contributed by atoms with Crippen molar-refractivity contribution in [2.75, 3.05) is 5.73 Å². The molecule has 0 saturated heterocycles. The second-order valence-electron chi connectivity index (χ2n) is 4.50. The maximum absolute atomic E-state index is 9.80. The molecule has 3 N–H and O–H groups in total. The van der Waals surface area contributed by atoms with Gasteiger partial charge in [-0.05, 0) is 32.0 Å². The number of rotatable bonds is 2. The molecule has 0 unspecified atom stereocenters. The van der Waals surface area contributed by atoms with E-state index in [-0.39, 0.29) is 0 Å². The Morgan fingerprint density at radius 1 is 1.50 bits per heavy atom. The highest BCUT2D eigenvalue weighted by molar-refractivity contribution is 6.31. The van der Waals surface area contributed by atoms with E-state index in [1.165, 1.54) is 0 Å². The number of aliphatic hydroxyl groups is 1. The van der Waals surface area contributed by atoms with Crippen molar-refractivity contribution in [1.82, 2.24) is 9.55 Å². The van der Waals surface area contributed by atoms with E-state index < -0.39 is 5.60 Å². The largest absolute Gasteiger partial charge is 0.389 e. The number of hydrogen-bond acceptors (Lipinski definition) is 3. The molecule has 5 heteroatoms. The second kappa shape index (κ2) is 3.64. The van der Waals surface area contributed by atoms with Crippen molar-refractivity contribution in [1.29, 1.82) is 0 Å². The average molecular weight is 240 g/mol. The van der Waals surface area contributed by atoms with Gasteiger partial charge in [0.25, 0.3) is 0 Å². The van der Waals surface area contributed by atoms with Crippen LogP contribution in [0.15, 0.2) is 18.2 Å². The van der Waals surface area contributed by atoms with Crippen molar-refractivity contribution in [3.8, 4) is 0 Å². The van der Waals surface area contributed by atoms with Gasteiger partial charge in [0.05, 0.1) is 23.2 Å². The molecule has 0 amide bonds. The fraction of sp³-hybridized carbons (Fsp3) is 0.364. The number of imidazole rings is 1. The predicted octanol–water partition coefficient (Wildman–Crippen LogP) is 2.04. The molecular formula is C11H14ClN3O. The molecule has 0 fully saturated rings. The molecule has 0 aliphatic rings. The fourth-order valence-corrected chi connectivity index (χ4v) is 1.84. The summed E-state index contributed by atoms with van der Waals surface area (Å²) in [5.41, 5.74) is 6.60. The SMILES string of the molecule is CC(C)(O)Cn1c(N)nc2cc(Cl)ccc21. The Bertz CT molecular complexity index is 528. The van der Waals surface area contributed by atoms with Gasteiger partial charge in [-0.1, -0.05) is 11.6 Å². The average Bonchev–Trinajstić information content (AvgIpc) is 2.40. The van der Waals surface area contributed by atoms with E-state index in [2.05, 4.69) is 4.98 Å². The van der Waals surface area contributed by atoms with E-state index >= 15 is 0 Å². The lowest BCUT2D eigenvalue weighted by molar-refractivity contribution is 0.0633. The first kappa shape index (κ1) is 11.2. The molecule has 16 heavy (non-hydrogen) atoms. The van der Waals surface area contributed by atoms with Gasteiger partial charge in [0, 0.05) is 5.02 Å². The second-order valence-corrected chi connectivity index (χ2v) is 4.94. The van der Waals surface area contributed by atoms with Crippen molar-refractivity contribution < 1.29 is 5.11 Å². The van der Waals surface area contributed by atoms with Gasteiger partial charge < -0.3 is 15.4 Å². The standard InChI is InChI=1S/C11H14ClN3O/c1-11(2,16)6-15-9-4-3-7(12)5-8(9)14-10(15)13/h3-5,16H,6H2,1-2H3,(H2,13,14). The summed E-state index contributed by atoms with van der Waals surface area (Å²) in [4.78, 5) is 4.20. The summed E-state index contributed by atoms with van der Waals surface area (Å²) in [6.45, 7) is 3.86. The minimum atomic E-state index is -0.832. The van der Waals surface area contributed by atoms with E-state index in [0.29, 0.717) is 17.5 Å². The Kier molecular flexibility index (Phi) is 2.56. The first-order valence-corrected chi connectivity index (χ1v) is 5.38. The summed E-state index contributed by atoms with van der Waals surface area (Å²) >= 11 is 5.87. The first-order chi connectivity index (χ1) is 7.37. The number of nitrogens with zero attached hydrogens (tertiary/aromatic N) is 2. The lowest BCUT2D eigenvalue weighted by Crippen LogP contribution is -2.26. The van der Waals surface area contributed by atoms with Crippen LogP contribution in [0.4, 0.5) is 5.95 Å². The van der Waals surface area contributed by atoms with Crippen LogP contribution in [0, 0.1) is 0 Å². The van der Waals surface area contributed by atoms with Gasteiger partial charge in [0.2, 0.25) is 5.95 Å². The number of hydrogen-bond donors (Lipinski definition) is 2. The van der Waals surface area contributed by atoms with Crippen LogP contribution in [-0.4, -0.2) is 20.3 Å². The number of halogens is 1. The van der Waals surface area contributed by atoms with E-state index in [1.54, 1.807) is 30.5 Å². The molecule has 4 nitrogen and oxygen atoms in total. The first-order valence-electron chi connectivity index (χ1n) is 5.00. The number of benzene rings is 1. The van der Waals surface area contributed by atoms with Gasteiger partial charge >= 0.3 is 0 Å². The molecule has 1 aromatic carbocycles. The molecule has 1 aromatic heterocycles. The fourth-order valence-electron chi connectivity index (χ4n) is 1.67. The Balaban J connectivity index is 2.56. The Morgan fingerprint density at radius 3 is 2.81 bits per heavy atom. The quantitative estimate of drug-likeness (QED) is 0.843.